The first kappa shape index (κ1) is 16.7. The molecule has 0 heterocycles. The number of carbonyl (C=O) groups is 2. The second-order valence-corrected chi connectivity index (χ2v) is 5.70. The minimum atomic E-state index is -0.0354. The molecule has 0 radical (unpaired) electrons. The van der Waals surface area contributed by atoms with E-state index < -0.39 is 0 Å². The molecule has 4 nitrogen and oxygen atoms in total. The van der Waals surface area contributed by atoms with Gasteiger partial charge in [-0.25, -0.2) is 0 Å². The van der Waals surface area contributed by atoms with Gasteiger partial charge in [-0.3, -0.25) is 9.59 Å². The molecule has 23 heavy (non-hydrogen) atoms. The van der Waals surface area contributed by atoms with Gasteiger partial charge in [0.2, 0.25) is 11.8 Å². The molecule has 0 atom stereocenters. The Hall–Kier alpha value is -2.62. The van der Waals surface area contributed by atoms with E-state index in [4.69, 9.17) is 0 Å². The quantitative estimate of drug-likeness (QED) is 0.892. The van der Waals surface area contributed by atoms with Crippen LogP contribution in [0.3, 0.4) is 0 Å². The molecule has 0 fully saturated rings. The number of hydrogen-bond acceptors (Lipinski definition) is 2. The van der Waals surface area contributed by atoms with Crippen LogP contribution < -0.4 is 5.32 Å². The second-order valence-electron chi connectivity index (χ2n) is 5.70. The fraction of sp³-hybridized carbons (Fsp3) is 0.263. The molecule has 0 aliphatic heterocycles. The average Bonchev–Trinajstić information content (AvgIpc) is 2.54. The number of benzene rings is 2. The van der Waals surface area contributed by atoms with Crippen LogP contribution in [-0.2, 0) is 22.4 Å². The van der Waals surface area contributed by atoms with Crippen LogP contribution in [0.2, 0.25) is 0 Å². The molecule has 0 bridgehead atoms. The third-order valence-corrected chi connectivity index (χ3v) is 3.57. The molecule has 2 aromatic rings. The minimum absolute atomic E-state index is 0.0354. The fourth-order valence-electron chi connectivity index (χ4n) is 2.22. The Morgan fingerprint density at radius 3 is 2.17 bits per heavy atom. The van der Waals surface area contributed by atoms with Gasteiger partial charge in [-0.15, -0.1) is 0 Å². The first-order valence-corrected chi connectivity index (χ1v) is 7.67. The van der Waals surface area contributed by atoms with Crippen molar-refractivity contribution in [3.8, 4) is 0 Å². The van der Waals surface area contributed by atoms with Crippen LogP contribution in [0.4, 0.5) is 5.69 Å². The standard InChI is InChI=1S/C19H22N2O2/c1-21(2)19(23)13-10-15-8-11-17(12-9-15)20-18(22)14-16-6-4-3-5-7-16/h3-9,11-12H,10,13-14H2,1-2H3,(H,20,22). The Morgan fingerprint density at radius 1 is 0.913 bits per heavy atom. The number of carbonyl (C=O) groups excluding carboxylic acids is 2. The summed E-state index contributed by atoms with van der Waals surface area (Å²) in [6.45, 7) is 0. The molecule has 4 heteroatoms. The van der Waals surface area contributed by atoms with Gasteiger partial charge in [-0.2, -0.15) is 0 Å². The van der Waals surface area contributed by atoms with E-state index >= 15 is 0 Å². The average molecular weight is 310 g/mol. The maximum atomic E-state index is 12.0. The lowest BCUT2D eigenvalue weighted by Gasteiger charge is -2.10. The van der Waals surface area contributed by atoms with Crippen LogP contribution in [0, 0.1) is 0 Å². The SMILES string of the molecule is CN(C)C(=O)CCc1ccc(NC(=O)Cc2ccccc2)cc1. The summed E-state index contributed by atoms with van der Waals surface area (Å²) in [6, 6.07) is 17.3. The molecule has 0 saturated carbocycles. The van der Waals surface area contributed by atoms with Crippen molar-refractivity contribution in [2.45, 2.75) is 19.3 Å². The Bertz CT molecular complexity index is 649. The number of hydrogen-bond donors (Lipinski definition) is 1. The molecule has 2 rings (SSSR count). The van der Waals surface area contributed by atoms with Crippen LogP contribution in [-0.4, -0.2) is 30.8 Å². The van der Waals surface area contributed by atoms with E-state index in [2.05, 4.69) is 5.32 Å². The molecule has 2 amide bonds. The third-order valence-electron chi connectivity index (χ3n) is 3.57. The van der Waals surface area contributed by atoms with E-state index in [1.54, 1.807) is 19.0 Å². The first-order valence-electron chi connectivity index (χ1n) is 7.67. The Kier molecular flexibility index (Phi) is 5.92. The van der Waals surface area contributed by atoms with Gasteiger partial charge in [-0.1, -0.05) is 42.5 Å². The number of rotatable bonds is 6. The van der Waals surface area contributed by atoms with Gasteiger partial charge in [0.15, 0.2) is 0 Å². The zero-order chi connectivity index (χ0) is 16.7. The molecule has 0 aliphatic rings. The number of amides is 2. The van der Waals surface area contributed by atoms with E-state index in [0.717, 1.165) is 16.8 Å². The molecule has 120 valence electrons. The van der Waals surface area contributed by atoms with E-state index in [-0.39, 0.29) is 11.8 Å². The van der Waals surface area contributed by atoms with Crippen molar-refractivity contribution in [2.75, 3.05) is 19.4 Å². The molecular formula is C19H22N2O2. The van der Waals surface area contributed by atoms with E-state index in [0.29, 0.717) is 19.3 Å². The molecule has 0 unspecified atom stereocenters. The molecule has 0 aromatic heterocycles. The Balaban J connectivity index is 1.85. The lowest BCUT2D eigenvalue weighted by atomic mass is 10.1. The molecule has 1 N–H and O–H groups in total. The highest BCUT2D eigenvalue weighted by molar-refractivity contribution is 5.92. The van der Waals surface area contributed by atoms with Crippen molar-refractivity contribution in [3.05, 3.63) is 65.7 Å². The minimum Gasteiger partial charge on any atom is -0.349 e. The first-order chi connectivity index (χ1) is 11.0. The summed E-state index contributed by atoms with van der Waals surface area (Å²) in [5.74, 6) is 0.0805. The molecule has 0 aliphatic carbocycles. The highest BCUT2D eigenvalue weighted by Crippen LogP contribution is 2.12. The largest absolute Gasteiger partial charge is 0.349 e. The smallest absolute Gasteiger partial charge is 0.228 e. The number of nitrogens with zero attached hydrogens (tertiary/aromatic N) is 1. The lowest BCUT2D eigenvalue weighted by Crippen LogP contribution is -2.21. The molecular weight excluding hydrogens is 288 g/mol. The molecule has 2 aromatic carbocycles. The molecule has 0 saturated heterocycles. The van der Waals surface area contributed by atoms with E-state index in [1.165, 1.54) is 0 Å². The van der Waals surface area contributed by atoms with Crippen molar-refractivity contribution < 1.29 is 9.59 Å². The van der Waals surface area contributed by atoms with Crippen molar-refractivity contribution >= 4 is 17.5 Å². The fourth-order valence-corrected chi connectivity index (χ4v) is 2.22. The Labute approximate surface area is 137 Å². The second kappa shape index (κ2) is 8.13. The van der Waals surface area contributed by atoms with Gasteiger partial charge < -0.3 is 10.2 Å². The highest BCUT2D eigenvalue weighted by atomic mass is 16.2. The number of aryl methyl sites for hydroxylation is 1. The van der Waals surface area contributed by atoms with Crippen molar-refractivity contribution in [1.82, 2.24) is 4.90 Å². The number of nitrogens with one attached hydrogen (secondary N) is 1. The molecule has 0 spiro atoms. The predicted octanol–water partition coefficient (Wildman–Crippen LogP) is 2.89. The van der Waals surface area contributed by atoms with Gasteiger partial charge in [0, 0.05) is 26.2 Å². The van der Waals surface area contributed by atoms with E-state index in [1.807, 2.05) is 54.6 Å². The number of anilines is 1. The third kappa shape index (κ3) is 5.58. The topological polar surface area (TPSA) is 49.4 Å². The van der Waals surface area contributed by atoms with Crippen molar-refractivity contribution in [1.29, 1.82) is 0 Å². The lowest BCUT2D eigenvalue weighted by molar-refractivity contribution is -0.128. The van der Waals surface area contributed by atoms with E-state index in [9.17, 15) is 9.59 Å². The van der Waals surface area contributed by atoms with Crippen molar-refractivity contribution in [2.24, 2.45) is 0 Å². The normalized spacial score (nSPS) is 10.2. The zero-order valence-electron chi connectivity index (χ0n) is 13.6. The van der Waals surface area contributed by atoms with Gasteiger partial charge in [-0.05, 0) is 29.7 Å². The van der Waals surface area contributed by atoms with Crippen LogP contribution in [0.25, 0.3) is 0 Å². The van der Waals surface area contributed by atoms with Gasteiger partial charge in [0.25, 0.3) is 0 Å². The summed E-state index contributed by atoms with van der Waals surface area (Å²) in [6.07, 6.45) is 1.56. The monoisotopic (exact) mass is 310 g/mol. The van der Waals surface area contributed by atoms with Crippen LogP contribution in [0.15, 0.2) is 54.6 Å². The zero-order valence-corrected chi connectivity index (χ0v) is 13.6. The summed E-state index contributed by atoms with van der Waals surface area (Å²) < 4.78 is 0. The van der Waals surface area contributed by atoms with Crippen LogP contribution >= 0.6 is 0 Å². The maximum absolute atomic E-state index is 12.0. The van der Waals surface area contributed by atoms with Crippen LogP contribution in [0.5, 0.6) is 0 Å². The van der Waals surface area contributed by atoms with Gasteiger partial charge >= 0.3 is 0 Å². The van der Waals surface area contributed by atoms with Gasteiger partial charge in [0.05, 0.1) is 6.42 Å². The Morgan fingerprint density at radius 2 is 1.57 bits per heavy atom. The van der Waals surface area contributed by atoms with Crippen LogP contribution in [0.1, 0.15) is 17.5 Å². The highest BCUT2D eigenvalue weighted by Gasteiger charge is 2.06. The maximum Gasteiger partial charge on any atom is 0.228 e. The predicted molar refractivity (Wildman–Crippen MR) is 92.2 cm³/mol. The summed E-state index contributed by atoms with van der Waals surface area (Å²) in [5.41, 5.74) is 2.85. The van der Waals surface area contributed by atoms with Crippen molar-refractivity contribution in [3.63, 3.8) is 0 Å². The van der Waals surface area contributed by atoms with Gasteiger partial charge in [0.1, 0.15) is 0 Å². The summed E-state index contributed by atoms with van der Waals surface area (Å²) in [7, 11) is 3.52. The summed E-state index contributed by atoms with van der Waals surface area (Å²) in [4.78, 5) is 25.2. The summed E-state index contributed by atoms with van der Waals surface area (Å²) >= 11 is 0. The summed E-state index contributed by atoms with van der Waals surface area (Å²) in [5, 5.41) is 2.89.